The molecule has 0 amide bonds. The lowest BCUT2D eigenvalue weighted by Crippen LogP contribution is -2.33. The summed E-state index contributed by atoms with van der Waals surface area (Å²) in [5, 5.41) is 22.5. The molecule has 11 rings (SSSR count). The van der Waals surface area contributed by atoms with Crippen molar-refractivity contribution in [1.29, 1.82) is 0 Å². The van der Waals surface area contributed by atoms with E-state index in [1.165, 1.54) is 53.5 Å². The number of thiophene rings is 1. The van der Waals surface area contributed by atoms with Crippen molar-refractivity contribution in [2.24, 2.45) is 0 Å². The Balaban J connectivity index is 1.11. The van der Waals surface area contributed by atoms with Crippen LogP contribution in [0.25, 0.3) is 70.1 Å². The van der Waals surface area contributed by atoms with Gasteiger partial charge in [-0.1, -0.05) is 153 Å². The standard InChI is InChI=1S/C58H48N2O2S/c1-4-5-7-17-36(2)41-24-15-27-47(57(41)61)59-48-34-52-55(44-23-11-10-21-42(44)48)56-53(63-52)35-50(46-26-14-18-37(3)54(46)56)60(40-32-30-39(31-33-40)38-19-8-6-9-20-38)49-28-16-25-45-43-22-12-13-29-51(43)62-58(45)49/h4-17,19-30,34-35,37,40,59,61H,2,18,31-33H2,1,3H3/b5-4-,17-7-. The predicted octanol–water partition coefficient (Wildman–Crippen LogP) is 17.0. The van der Waals surface area contributed by atoms with E-state index in [2.05, 4.69) is 151 Å². The lowest BCUT2D eigenvalue weighted by Gasteiger charge is -2.38. The first-order valence-corrected chi connectivity index (χ1v) is 22.9. The van der Waals surface area contributed by atoms with Crippen molar-refractivity contribution >= 4 is 104 Å². The monoisotopic (exact) mass is 836 g/mol. The van der Waals surface area contributed by atoms with Gasteiger partial charge in [-0.15, -0.1) is 11.3 Å². The fraction of sp³-hybridized carbons (Fsp3) is 0.138. The maximum Gasteiger partial charge on any atom is 0.159 e. The van der Waals surface area contributed by atoms with Gasteiger partial charge in [-0.25, -0.2) is 0 Å². The number of nitrogens with zero attached hydrogens (tertiary/aromatic N) is 1. The number of anilines is 4. The molecule has 2 aromatic heterocycles. The molecule has 2 N–H and O–H groups in total. The molecular weight excluding hydrogens is 789 g/mol. The van der Waals surface area contributed by atoms with Crippen LogP contribution in [0.5, 0.6) is 5.75 Å². The minimum atomic E-state index is 0.181. The van der Waals surface area contributed by atoms with E-state index in [0.717, 1.165) is 70.0 Å². The fourth-order valence-electron chi connectivity index (χ4n) is 10.2. The van der Waals surface area contributed by atoms with Gasteiger partial charge in [0.15, 0.2) is 5.58 Å². The lowest BCUT2D eigenvalue weighted by molar-refractivity contribution is 0.476. The Hall–Kier alpha value is -7.08. The normalized spacial score (nSPS) is 16.5. The molecule has 0 fully saturated rings. The van der Waals surface area contributed by atoms with E-state index in [-0.39, 0.29) is 11.8 Å². The third-order valence-electron chi connectivity index (χ3n) is 13.1. The van der Waals surface area contributed by atoms with Crippen molar-refractivity contribution in [1.82, 2.24) is 0 Å². The number of para-hydroxylation sites is 3. The van der Waals surface area contributed by atoms with Crippen LogP contribution in [0.15, 0.2) is 175 Å². The fourth-order valence-corrected chi connectivity index (χ4v) is 11.4. The smallest absolute Gasteiger partial charge is 0.159 e. The van der Waals surface area contributed by atoms with Crippen LogP contribution in [0.1, 0.15) is 67.7 Å². The van der Waals surface area contributed by atoms with E-state index in [4.69, 9.17) is 4.42 Å². The maximum atomic E-state index is 11.6. The molecule has 0 aliphatic heterocycles. The van der Waals surface area contributed by atoms with Crippen LogP contribution in [-0.2, 0) is 0 Å². The van der Waals surface area contributed by atoms with Crippen LogP contribution in [0.2, 0.25) is 0 Å². The summed E-state index contributed by atoms with van der Waals surface area (Å²) in [7, 11) is 0. The molecular formula is C58H48N2O2S. The van der Waals surface area contributed by atoms with Gasteiger partial charge in [0.05, 0.1) is 17.1 Å². The maximum absolute atomic E-state index is 11.6. The second-order valence-corrected chi connectivity index (χ2v) is 18.0. The summed E-state index contributed by atoms with van der Waals surface area (Å²) in [5.41, 5.74) is 12.7. The molecule has 7 aromatic carbocycles. The number of phenolic OH excluding ortho intramolecular Hbond substituents is 1. The number of phenols is 1. The third-order valence-corrected chi connectivity index (χ3v) is 14.2. The van der Waals surface area contributed by atoms with Gasteiger partial charge >= 0.3 is 0 Å². The molecule has 5 heteroatoms. The van der Waals surface area contributed by atoms with Crippen LogP contribution in [0, 0.1) is 0 Å². The quantitative estimate of drug-likeness (QED) is 0.112. The van der Waals surface area contributed by atoms with E-state index in [0.29, 0.717) is 17.2 Å². The SMILES string of the molecule is C=C(/C=C\C=C/C)c1cccc(Nc2cc3sc4cc(N(c5cccc6c5oc5ccccc56)C5CC=C(c6ccccc6)CC5)c5c(c4c3c3ccccc23)C(C)CC=C5)c1O. The first kappa shape index (κ1) is 38.8. The summed E-state index contributed by atoms with van der Waals surface area (Å²) in [5.74, 6) is 0.497. The van der Waals surface area contributed by atoms with Gasteiger partial charge in [0.2, 0.25) is 0 Å². The number of benzene rings is 7. The van der Waals surface area contributed by atoms with Crippen LogP contribution >= 0.6 is 11.3 Å². The van der Waals surface area contributed by atoms with Crippen LogP contribution in [0.3, 0.4) is 0 Å². The van der Waals surface area contributed by atoms with E-state index >= 15 is 0 Å². The largest absolute Gasteiger partial charge is 0.505 e. The molecule has 0 radical (unpaired) electrons. The summed E-state index contributed by atoms with van der Waals surface area (Å²) in [6.07, 6.45) is 19.0. The second kappa shape index (κ2) is 16.0. The molecule has 0 saturated carbocycles. The van der Waals surface area contributed by atoms with Gasteiger partial charge in [0.1, 0.15) is 11.3 Å². The van der Waals surface area contributed by atoms with Gasteiger partial charge in [0, 0.05) is 59.2 Å². The van der Waals surface area contributed by atoms with Gasteiger partial charge in [-0.3, -0.25) is 0 Å². The molecule has 0 bridgehead atoms. The average molecular weight is 837 g/mol. The zero-order valence-corrected chi connectivity index (χ0v) is 36.4. The summed E-state index contributed by atoms with van der Waals surface area (Å²) < 4.78 is 9.30. The Morgan fingerprint density at radius 2 is 1.54 bits per heavy atom. The molecule has 2 atom stereocenters. The van der Waals surface area contributed by atoms with Crippen molar-refractivity contribution in [3.8, 4) is 5.75 Å². The number of hydrogen-bond donors (Lipinski definition) is 2. The van der Waals surface area contributed by atoms with Crippen molar-refractivity contribution in [2.75, 3.05) is 10.2 Å². The summed E-state index contributed by atoms with van der Waals surface area (Å²) in [6.45, 7) is 8.62. The first-order chi connectivity index (χ1) is 31.0. The Kier molecular flexibility index (Phi) is 9.85. The molecule has 308 valence electrons. The zero-order valence-electron chi connectivity index (χ0n) is 35.6. The number of rotatable bonds is 9. The zero-order chi connectivity index (χ0) is 42.6. The van der Waals surface area contributed by atoms with E-state index < -0.39 is 0 Å². The first-order valence-electron chi connectivity index (χ1n) is 22.1. The molecule has 2 aliphatic carbocycles. The molecule has 2 aliphatic rings. The highest BCUT2D eigenvalue weighted by Gasteiger charge is 2.32. The number of nitrogens with one attached hydrogen (secondary N) is 1. The predicted molar refractivity (Wildman–Crippen MR) is 271 cm³/mol. The van der Waals surface area contributed by atoms with E-state index in [1.54, 1.807) is 0 Å². The average Bonchev–Trinajstić information content (AvgIpc) is 3.89. The highest BCUT2D eigenvalue weighted by molar-refractivity contribution is 7.26. The van der Waals surface area contributed by atoms with Crippen LogP contribution in [-0.4, -0.2) is 11.1 Å². The van der Waals surface area contributed by atoms with E-state index in [9.17, 15) is 5.11 Å². The van der Waals surface area contributed by atoms with Crippen molar-refractivity contribution in [3.63, 3.8) is 0 Å². The molecule has 0 saturated heterocycles. The number of hydrogen-bond acceptors (Lipinski definition) is 5. The highest BCUT2D eigenvalue weighted by Crippen LogP contribution is 2.53. The molecule has 0 spiro atoms. The molecule has 2 heterocycles. The molecule has 2 unspecified atom stereocenters. The summed E-state index contributed by atoms with van der Waals surface area (Å²) in [6, 6.07) is 45.5. The van der Waals surface area contributed by atoms with E-state index in [1.807, 2.05) is 60.8 Å². The van der Waals surface area contributed by atoms with Gasteiger partial charge in [0.25, 0.3) is 0 Å². The molecule has 63 heavy (non-hydrogen) atoms. The third kappa shape index (κ3) is 6.66. The van der Waals surface area contributed by atoms with Gasteiger partial charge in [-0.2, -0.15) is 0 Å². The summed E-state index contributed by atoms with van der Waals surface area (Å²) >= 11 is 1.86. The number of allylic oxidation sites excluding steroid dienone is 7. The van der Waals surface area contributed by atoms with Crippen molar-refractivity contribution in [2.45, 2.75) is 51.5 Å². The Bertz CT molecular complexity index is 3400. The Morgan fingerprint density at radius 1 is 0.778 bits per heavy atom. The number of furan rings is 1. The van der Waals surface area contributed by atoms with Crippen molar-refractivity contribution in [3.05, 3.63) is 193 Å². The number of aromatic hydroxyl groups is 1. The second-order valence-electron chi connectivity index (χ2n) is 17.0. The van der Waals surface area contributed by atoms with Gasteiger partial charge < -0.3 is 19.7 Å². The molecule has 4 nitrogen and oxygen atoms in total. The van der Waals surface area contributed by atoms with Gasteiger partial charge in [-0.05, 0) is 96.5 Å². The Labute approximate surface area is 372 Å². The highest BCUT2D eigenvalue weighted by atomic mass is 32.1. The summed E-state index contributed by atoms with van der Waals surface area (Å²) in [4.78, 5) is 2.64. The minimum Gasteiger partial charge on any atom is -0.505 e. The van der Waals surface area contributed by atoms with Crippen molar-refractivity contribution < 1.29 is 9.52 Å². The lowest BCUT2D eigenvalue weighted by atomic mass is 9.82. The topological polar surface area (TPSA) is 48.6 Å². The Morgan fingerprint density at radius 3 is 2.37 bits per heavy atom. The van der Waals surface area contributed by atoms with Crippen LogP contribution < -0.4 is 10.2 Å². The molecule has 9 aromatic rings. The minimum absolute atomic E-state index is 0.181. The number of fused-ring (bicyclic) bond motifs is 10. The van der Waals surface area contributed by atoms with Crippen LogP contribution in [0.4, 0.5) is 22.7 Å².